The van der Waals surface area contributed by atoms with E-state index in [0.717, 1.165) is 0 Å². The highest BCUT2D eigenvalue weighted by molar-refractivity contribution is 5.18. The summed E-state index contributed by atoms with van der Waals surface area (Å²) in [5.74, 6) is 0. The molecule has 0 heterocycles. The fourth-order valence-corrected chi connectivity index (χ4v) is 2.81. The number of hydrogen-bond acceptors (Lipinski definition) is 0. The fraction of sp³-hybridized carbons (Fsp3) is 0.538. The first-order chi connectivity index (χ1) is 12.9. The summed E-state index contributed by atoms with van der Waals surface area (Å²) in [5, 5.41) is 0. The van der Waals surface area contributed by atoms with Crippen molar-refractivity contribution in [1.82, 2.24) is 0 Å². The van der Waals surface area contributed by atoms with Crippen molar-refractivity contribution >= 4 is 0 Å². The SMILES string of the molecule is C=CC=CC=CC=CC=CC=CCCCCCCCCCCCCCC. The van der Waals surface area contributed by atoms with Crippen LogP contribution in [0, 0.1) is 0 Å². The third kappa shape index (κ3) is 22.4. The second-order valence-corrected chi connectivity index (χ2v) is 6.88. The summed E-state index contributed by atoms with van der Waals surface area (Å²) >= 11 is 0. The van der Waals surface area contributed by atoms with E-state index in [9.17, 15) is 0 Å². The summed E-state index contributed by atoms with van der Waals surface area (Å²) in [4.78, 5) is 0. The lowest BCUT2D eigenvalue weighted by molar-refractivity contribution is 0.545. The van der Waals surface area contributed by atoms with Gasteiger partial charge in [-0.05, 0) is 12.8 Å². The maximum Gasteiger partial charge on any atom is -0.0348 e. The van der Waals surface area contributed by atoms with Gasteiger partial charge >= 0.3 is 0 Å². The molecule has 0 aliphatic carbocycles. The van der Waals surface area contributed by atoms with E-state index >= 15 is 0 Å². The maximum atomic E-state index is 3.63. The Balaban J connectivity index is 3.31. The van der Waals surface area contributed by atoms with E-state index < -0.39 is 0 Å². The van der Waals surface area contributed by atoms with Gasteiger partial charge in [0, 0.05) is 0 Å². The molecular formula is C26H42. The molecule has 0 N–H and O–H groups in total. The summed E-state index contributed by atoms with van der Waals surface area (Å²) in [6.45, 7) is 5.91. The minimum Gasteiger partial charge on any atom is -0.0991 e. The minimum atomic E-state index is 1.21. The molecule has 0 saturated heterocycles. The standard InChI is InChI=1S/C26H42/c1-3-5-7-9-11-13-15-17-19-21-23-25-26-24-22-20-18-16-14-12-10-8-6-4-2/h3,5,7,9,11,13,15,17,19,21,23H,1,4,6,8,10,12,14,16,18,20,22,24-26H2,2H3. The molecule has 0 aromatic carbocycles. The largest absolute Gasteiger partial charge is 0.0991 e. The van der Waals surface area contributed by atoms with Crippen LogP contribution in [0.25, 0.3) is 0 Å². The van der Waals surface area contributed by atoms with E-state index in [1.807, 2.05) is 36.5 Å². The summed E-state index contributed by atoms with van der Waals surface area (Å²) < 4.78 is 0. The van der Waals surface area contributed by atoms with Gasteiger partial charge in [0.2, 0.25) is 0 Å². The molecule has 0 bridgehead atoms. The van der Waals surface area contributed by atoms with Crippen LogP contribution in [0.1, 0.15) is 90.4 Å². The Hall–Kier alpha value is -1.56. The van der Waals surface area contributed by atoms with Crippen molar-refractivity contribution in [2.75, 3.05) is 0 Å². The van der Waals surface area contributed by atoms with Crippen molar-refractivity contribution in [3.63, 3.8) is 0 Å². The van der Waals surface area contributed by atoms with Crippen molar-refractivity contribution in [3.05, 3.63) is 73.4 Å². The van der Waals surface area contributed by atoms with Gasteiger partial charge < -0.3 is 0 Å². The Morgan fingerprint density at radius 2 is 0.846 bits per heavy atom. The van der Waals surface area contributed by atoms with Gasteiger partial charge in [-0.2, -0.15) is 0 Å². The molecule has 0 aliphatic rings. The average Bonchev–Trinajstić information content (AvgIpc) is 2.66. The van der Waals surface area contributed by atoms with Crippen molar-refractivity contribution in [2.24, 2.45) is 0 Å². The molecular weight excluding hydrogens is 312 g/mol. The van der Waals surface area contributed by atoms with E-state index in [1.165, 1.54) is 83.5 Å². The number of unbranched alkanes of at least 4 members (excludes halogenated alkanes) is 12. The van der Waals surface area contributed by atoms with Gasteiger partial charge in [-0.15, -0.1) is 0 Å². The molecule has 0 aromatic rings. The second kappa shape index (κ2) is 23.4. The van der Waals surface area contributed by atoms with Crippen LogP contribution in [0.15, 0.2) is 73.4 Å². The second-order valence-electron chi connectivity index (χ2n) is 6.88. The normalized spacial score (nSPS) is 12.7. The van der Waals surface area contributed by atoms with Crippen molar-refractivity contribution in [2.45, 2.75) is 90.4 Å². The molecule has 0 spiro atoms. The number of allylic oxidation sites excluding steroid dienone is 11. The van der Waals surface area contributed by atoms with Crippen LogP contribution >= 0.6 is 0 Å². The minimum absolute atomic E-state index is 1.21. The first-order valence-corrected chi connectivity index (χ1v) is 10.9. The van der Waals surface area contributed by atoms with Gasteiger partial charge in [0.1, 0.15) is 0 Å². The number of rotatable bonds is 18. The Kier molecular flexibility index (Phi) is 22.0. The molecule has 0 aromatic heterocycles. The zero-order chi connectivity index (χ0) is 19.0. The molecule has 0 nitrogen and oxygen atoms in total. The van der Waals surface area contributed by atoms with E-state index in [2.05, 4.69) is 37.8 Å². The predicted octanol–water partition coefficient (Wildman–Crippen LogP) is 9.04. The third-order valence-corrected chi connectivity index (χ3v) is 4.39. The third-order valence-electron chi connectivity index (χ3n) is 4.39. The molecule has 0 fully saturated rings. The first-order valence-electron chi connectivity index (χ1n) is 10.9. The lowest BCUT2D eigenvalue weighted by Gasteiger charge is -2.02. The van der Waals surface area contributed by atoms with Crippen molar-refractivity contribution < 1.29 is 0 Å². The molecule has 0 amide bonds. The Labute approximate surface area is 164 Å². The molecule has 0 atom stereocenters. The summed E-state index contributed by atoms with van der Waals surface area (Å²) in [6, 6.07) is 0. The molecule has 0 saturated carbocycles. The van der Waals surface area contributed by atoms with Crippen LogP contribution in [-0.4, -0.2) is 0 Å². The van der Waals surface area contributed by atoms with Crippen molar-refractivity contribution in [1.29, 1.82) is 0 Å². The highest BCUT2D eigenvalue weighted by Crippen LogP contribution is 2.12. The van der Waals surface area contributed by atoms with Crippen LogP contribution in [0.2, 0.25) is 0 Å². The maximum absolute atomic E-state index is 3.63. The Morgan fingerprint density at radius 3 is 1.31 bits per heavy atom. The van der Waals surface area contributed by atoms with E-state index in [0.29, 0.717) is 0 Å². The zero-order valence-corrected chi connectivity index (χ0v) is 17.3. The van der Waals surface area contributed by atoms with Gasteiger partial charge in [-0.3, -0.25) is 0 Å². The monoisotopic (exact) mass is 354 g/mol. The molecule has 26 heavy (non-hydrogen) atoms. The van der Waals surface area contributed by atoms with E-state index in [1.54, 1.807) is 6.08 Å². The van der Waals surface area contributed by atoms with Gasteiger partial charge in [0.15, 0.2) is 0 Å². The summed E-state index contributed by atoms with van der Waals surface area (Å²) in [6.07, 6.45) is 40.6. The van der Waals surface area contributed by atoms with Gasteiger partial charge in [-0.25, -0.2) is 0 Å². The number of hydrogen-bond donors (Lipinski definition) is 0. The van der Waals surface area contributed by atoms with Gasteiger partial charge in [0.05, 0.1) is 0 Å². The van der Waals surface area contributed by atoms with E-state index in [4.69, 9.17) is 0 Å². The topological polar surface area (TPSA) is 0 Å². The van der Waals surface area contributed by atoms with Crippen LogP contribution in [-0.2, 0) is 0 Å². The lowest BCUT2D eigenvalue weighted by atomic mass is 10.0. The summed E-state index contributed by atoms with van der Waals surface area (Å²) in [7, 11) is 0. The van der Waals surface area contributed by atoms with Gasteiger partial charge in [0.25, 0.3) is 0 Å². The Bertz CT molecular complexity index is 417. The van der Waals surface area contributed by atoms with Gasteiger partial charge in [-0.1, -0.05) is 151 Å². The molecule has 0 radical (unpaired) electrons. The molecule has 0 unspecified atom stereocenters. The quantitative estimate of drug-likeness (QED) is 0.170. The lowest BCUT2D eigenvalue weighted by Crippen LogP contribution is -1.82. The first kappa shape index (κ1) is 24.4. The molecule has 0 rings (SSSR count). The summed E-state index contributed by atoms with van der Waals surface area (Å²) in [5.41, 5.74) is 0. The van der Waals surface area contributed by atoms with E-state index in [-0.39, 0.29) is 0 Å². The van der Waals surface area contributed by atoms with Crippen LogP contribution < -0.4 is 0 Å². The Morgan fingerprint density at radius 1 is 0.462 bits per heavy atom. The molecule has 146 valence electrons. The highest BCUT2D eigenvalue weighted by Gasteiger charge is 1.92. The zero-order valence-electron chi connectivity index (χ0n) is 17.3. The van der Waals surface area contributed by atoms with Crippen LogP contribution in [0.4, 0.5) is 0 Å². The fourth-order valence-electron chi connectivity index (χ4n) is 2.81. The van der Waals surface area contributed by atoms with Crippen LogP contribution in [0.5, 0.6) is 0 Å². The average molecular weight is 355 g/mol. The van der Waals surface area contributed by atoms with Crippen LogP contribution in [0.3, 0.4) is 0 Å². The highest BCUT2D eigenvalue weighted by atomic mass is 14.0. The smallest absolute Gasteiger partial charge is 0.0348 e. The molecule has 0 aliphatic heterocycles. The predicted molar refractivity (Wildman–Crippen MR) is 122 cm³/mol. The molecule has 0 heteroatoms. The van der Waals surface area contributed by atoms with Crippen molar-refractivity contribution in [3.8, 4) is 0 Å².